The second kappa shape index (κ2) is 12.7. The van der Waals surface area contributed by atoms with Crippen molar-refractivity contribution in [1.82, 2.24) is 19.6 Å². The third-order valence-corrected chi connectivity index (χ3v) is 5.95. The summed E-state index contributed by atoms with van der Waals surface area (Å²) in [7, 11) is 4.16. The molecule has 34 heavy (non-hydrogen) atoms. The lowest BCUT2D eigenvalue weighted by Crippen LogP contribution is -2.37. The maximum Gasteiger partial charge on any atom is 0.227 e. The minimum atomic E-state index is -0.340. The summed E-state index contributed by atoms with van der Waals surface area (Å²) in [6, 6.07) is 18.2. The zero-order valence-electron chi connectivity index (χ0n) is 21.4. The van der Waals surface area contributed by atoms with Gasteiger partial charge in [0.05, 0.1) is 23.0 Å². The third kappa shape index (κ3) is 7.42. The van der Waals surface area contributed by atoms with Crippen LogP contribution in [0, 0.1) is 13.8 Å². The van der Waals surface area contributed by atoms with E-state index in [0.29, 0.717) is 13.1 Å². The summed E-state index contributed by atoms with van der Waals surface area (Å²) in [5.41, 5.74) is 4.09. The van der Waals surface area contributed by atoms with Gasteiger partial charge in [-0.3, -0.25) is 4.90 Å². The van der Waals surface area contributed by atoms with Crippen LogP contribution in [0.2, 0.25) is 0 Å². The van der Waals surface area contributed by atoms with Crippen LogP contribution in [0.1, 0.15) is 43.0 Å². The Morgan fingerprint density at radius 1 is 1.03 bits per heavy atom. The van der Waals surface area contributed by atoms with Gasteiger partial charge in [-0.05, 0) is 64.2 Å². The summed E-state index contributed by atoms with van der Waals surface area (Å²) in [6.07, 6.45) is 2.61. The van der Waals surface area contributed by atoms with Crippen LogP contribution in [0.4, 0.5) is 0 Å². The van der Waals surface area contributed by atoms with Crippen LogP contribution in [0.25, 0.3) is 5.69 Å². The maximum atomic E-state index is 10.7. The molecule has 6 nitrogen and oxygen atoms in total. The third-order valence-electron chi connectivity index (χ3n) is 5.95. The molecule has 0 aliphatic rings. The van der Waals surface area contributed by atoms with Gasteiger partial charge < -0.3 is 14.7 Å². The van der Waals surface area contributed by atoms with E-state index >= 15 is 0 Å². The molecule has 0 aliphatic heterocycles. The number of para-hydroxylation sites is 1. The molecular weight excluding hydrogens is 424 g/mol. The highest BCUT2D eigenvalue weighted by atomic mass is 16.5. The van der Waals surface area contributed by atoms with Gasteiger partial charge in [-0.1, -0.05) is 50.1 Å². The predicted molar refractivity (Wildman–Crippen MR) is 139 cm³/mol. The molecule has 3 rings (SSSR count). The summed E-state index contributed by atoms with van der Waals surface area (Å²) >= 11 is 0. The molecule has 2 aromatic carbocycles. The molecule has 1 aromatic heterocycles. The molecule has 0 saturated carbocycles. The quantitative estimate of drug-likeness (QED) is 0.377. The second-order valence-corrected chi connectivity index (χ2v) is 9.37. The number of rotatable bonds is 13. The lowest BCUT2D eigenvalue weighted by atomic mass is 10.1. The number of unbranched alkanes of at least 4 members (excludes halogenated alkanes) is 1. The van der Waals surface area contributed by atoms with E-state index < -0.39 is 0 Å². The summed E-state index contributed by atoms with van der Waals surface area (Å²) in [6.45, 7) is 9.33. The van der Waals surface area contributed by atoms with Crippen molar-refractivity contribution in [2.24, 2.45) is 0 Å². The van der Waals surface area contributed by atoms with Crippen molar-refractivity contribution in [2.45, 2.75) is 52.7 Å². The second-order valence-electron chi connectivity index (χ2n) is 9.37. The largest absolute Gasteiger partial charge is 0.439 e. The highest BCUT2D eigenvalue weighted by Gasteiger charge is 2.22. The average Bonchev–Trinajstić information content (AvgIpc) is 3.11. The van der Waals surface area contributed by atoms with Crippen molar-refractivity contribution in [3.8, 4) is 17.3 Å². The van der Waals surface area contributed by atoms with Gasteiger partial charge in [-0.2, -0.15) is 5.10 Å². The van der Waals surface area contributed by atoms with Crippen LogP contribution in [-0.4, -0.2) is 64.5 Å². The Bertz CT molecular complexity index is 1020. The molecule has 184 valence electrons. The summed E-state index contributed by atoms with van der Waals surface area (Å²) in [4.78, 5) is 4.50. The maximum absolute atomic E-state index is 10.7. The zero-order chi connectivity index (χ0) is 24.5. The standard InChI is InChI=1S/C28H40N4O2/c1-6-7-15-25(33)20-31(18-17-30(4)5)21-27-23(3)29-32(24-13-9-8-10-14-24)28(27)34-26-16-11-12-22(2)19-26/h8-14,16,19,25,33H,6-7,15,17-18,20-21H2,1-5H3. The topological polar surface area (TPSA) is 53.8 Å². The molecular formula is C28H40N4O2. The molecule has 1 heterocycles. The van der Waals surface area contributed by atoms with Crippen LogP contribution in [0.3, 0.4) is 0 Å². The highest BCUT2D eigenvalue weighted by molar-refractivity contribution is 5.43. The van der Waals surface area contributed by atoms with Gasteiger partial charge in [0.25, 0.3) is 0 Å². The van der Waals surface area contributed by atoms with Gasteiger partial charge >= 0.3 is 0 Å². The van der Waals surface area contributed by atoms with E-state index in [0.717, 1.165) is 66.5 Å². The van der Waals surface area contributed by atoms with Crippen molar-refractivity contribution >= 4 is 0 Å². The summed E-state index contributed by atoms with van der Waals surface area (Å²) in [5.74, 6) is 1.52. The van der Waals surface area contributed by atoms with Gasteiger partial charge in [0.2, 0.25) is 5.88 Å². The Hall–Kier alpha value is -2.67. The van der Waals surface area contributed by atoms with Crippen molar-refractivity contribution in [3.05, 3.63) is 71.4 Å². The molecule has 0 radical (unpaired) electrons. The van der Waals surface area contributed by atoms with E-state index in [1.807, 2.05) is 60.1 Å². The molecule has 0 amide bonds. The number of nitrogens with zero attached hydrogens (tertiary/aromatic N) is 4. The fraction of sp³-hybridized carbons (Fsp3) is 0.464. The summed E-state index contributed by atoms with van der Waals surface area (Å²) in [5, 5.41) is 15.5. The van der Waals surface area contributed by atoms with Crippen LogP contribution in [-0.2, 0) is 6.54 Å². The average molecular weight is 465 g/mol. The number of aryl methyl sites for hydroxylation is 2. The molecule has 0 bridgehead atoms. The SMILES string of the molecule is CCCCC(O)CN(CCN(C)C)Cc1c(C)nn(-c2ccccc2)c1Oc1cccc(C)c1. The van der Waals surface area contributed by atoms with Gasteiger partial charge in [-0.15, -0.1) is 0 Å². The van der Waals surface area contributed by atoms with Crippen LogP contribution in [0.15, 0.2) is 54.6 Å². The number of aromatic nitrogens is 2. The van der Waals surface area contributed by atoms with E-state index in [1.54, 1.807) is 0 Å². The van der Waals surface area contributed by atoms with Crippen molar-refractivity contribution in [2.75, 3.05) is 33.7 Å². The molecule has 0 fully saturated rings. The zero-order valence-corrected chi connectivity index (χ0v) is 21.4. The van der Waals surface area contributed by atoms with Crippen molar-refractivity contribution < 1.29 is 9.84 Å². The number of benzene rings is 2. The van der Waals surface area contributed by atoms with Crippen molar-refractivity contribution in [1.29, 1.82) is 0 Å². The first-order valence-electron chi connectivity index (χ1n) is 12.3. The molecule has 6 heteroatoms. The number of aliphatic hydroxyl groups excluding tert-OH is 1. The first-order chi connectivity index (χ1) is 16.4. The van der Waals surface area contributed by atoms with Gasteiger partial charge in [-0.25, -0.2) is 4.68 Å². The Balaban J connectivity index is 1.95. The predicted octanol–water partition coefficient (Wildman–Crippen LogP) is 5.20. The monoisotopic (exact) mass is 464 g/mol. The van der Waals surface area contributed by atoms with Crippen molar-refractivity contribution in [3.63, 3.8) is 0 Å². The number of likely N-dealkylation sites (N-methyl/N-ethyl adjacent to an activating group) is 1. The Labute approximate surface area is 204 Å². The van der Waals surface area contributed by atoms with Crippen LogP contribution in [0.5, 0.6) is 11.6 Å². The number of ether oxygens (including phenoxy) is 1. The van der Waals surface area contributed by atoms with E-state index in [1.165, 1.54) is 0 Å². The van der Waals surface area contributed by atoms with Gasteiger partial charge in [0.1, 0.15) is 5.75 Å². The number of hydrogen-bond acceptors (Lipinski definition) is 5. The summed E-state index contributed by atoms with van der Waals surface area (Å²) < 4.78 is 8.39. The minimum Gasteiger partial charge on any atom is -0.439 e. The molecule has 1 unspecified atom stereocenters. The van der Waals surface area contributed by atoms with Crippen LogP contribution < -0.4 is 4.74 Å². The number of hydrogen-bond donors (Lipinski definition) is 1. The molecule has 1 N–H and O–H groups in total. The molecule has 0 aliphatic carbocycles. The fourth-order valence-electron chi connectivity index (χ4n) is 3.99. The minimum absolute atomic E-state index is 0.340. The van der Waals surface area contributed by atoms with E-state index in [4.69, 9.17) is 9.84 Å². The van der Waals surface area contributed by atoms with E-state index in [9.17, 15) is 5.11 Å². The first kappa shape index (κ1) is 25.9. The molecule has 1 atom stereocenters. The number of aliphatic hydroxyl groups is 1. The lowest BCUT2D eigenvalue weighted by Gasteiger charge is -2.27. The highest BCUT2D eigenvalue weighted by Crippen LogP contribution is 2.32. The molecule has 0 spiro atoms. The molecule has 3 aromatic rings. The molecule has 0 saturated heterocycles. The van der Waals surface area contributed by atoms with E-state index in [-0.39, 0.29) is 6.10 Å². The normalized spacial score (nSPS) is 12.5. The Morgan fingerprint density at radius 2 is 1.79 bits per heavy atom. The van der Waals surface area contributed by atoms with Gasteiger partial charge in [0.15, 0.2) is 0 Å². The lowest BCUT2D eigenvalue weighted by molar-refractivity contribution is 0.0951. The Morgan fingerprint density at radius 3 is 2.47 bits per heavy atom. The van der Waals surface area contributed by atoms with Gasteiger partial charge in [0, 0.05) is 26.2 Å². The fourth-order valence-corrected chi connectivity index (χ4v) is 3.99. The first-order valence-corrected chi connectivity index (χ1v) is 12.3. The Kier molecular flexibility index (Phi) is 9.69. The van der Waals surface area contributed by atoms with Crippen LogP contribution >= 0.6 is 0 Å². The smallest absolute Gasteiger partial charge is 0.227 e. The van der Waals surface area contributed by atoms with E-state index in [2.05, 4.69) is 43.8 Å².